The summed E-state index contributed by atoms with van der Waals surface area (Å²) in [7, 11) is 0. The lowest BCUT2D eigenvalue weighted by Crippen LogP contribution is -2.55. The molecule has 1 fully saturated rings. The summed E-state index contributed by atoms with van der Waals surface area (Å²) in [6, 6.07) is 2.18. The molecule has 0 bridgehead atoms. The second-order valence-electron chi connectivity index (χ2n) is 5.36. The van der Waals surface area contributed by atoms with Gasteiger partial charge in [-0.25, -0.2) is 0 Å². The third kappa shape index (κ3) is 4.27. The Labute approximate surface area is 109 Å². The van der Waals surface area contributed by atoms with Crippen molar-refractivity contribution >= 4 is 13.5 Å². The van der Waals surface area contributed by atoms with E-state index >= 15 is 0 Å². The van der Waals surface area contributed by atoms with E-state index in [0.29, 0.717) is 12.1 Å². The molecule has 0 amide bonds. The molecule has 0 saturated carbocycles. The van der Waals surface area contributed by atoms with Gasteiger partial charge in [0.15, 0.2) is 0 Å². The lowest BCUT2D eigenvalue weighted by molar-refractivity contribution is 0.0357. The van der Waals surface area contributed by atoms with Crippen LogP contribution in [0.1, 0.15) is 47.5 Å². The monoisotopic (exact) mass is 246 g/mol. The Hall–Kier alpha value is 0.270. The summed E-state index contributed by atoms with van der Waals surface area (Å²) in [5, 5.41) is 0. The third-order valence-electron chi connectivity index (χ3n) is 3.52. The SMILES string of the molecule is CCCN1CC[C@H]1CN(C(C)C)C(C)C.S. The first-order valence-corrected chi connectivity index (χ1v) is 6.56. The molecule has 1 atom stereocenters. The molecule has 0 aromatic heterocycles. The summed E-state index contributed by atoms with van der Waals surface area (Å²) in [5.74, 6) is 0. The average molecular weight is 246 g/mol. The third-order valence-corrected chi connectivity index (χ3v) is 3.52. The summed E-state index contributed by atoms with van der Waals surface area (Å²) in [4.78, 5) is 5.25. The maximum Gasteiger partial charge on any atom is 0.0235 e. The summed E-state index contributed by atoms with van der Waals surface area (Å²) in [6.07, 6.45) is 2.69. The van der Waals surface area contributed by atoms with Crippen molar-refractivity contribution in [1.82, 2.24) is 9.80 Å². The summed E-state index contributed by atoms with van der Waals surface area (Å²) in [6.45, 7) is 15.4. The van der Waals surface area contributed by atoms with Crippen LogP contribution in [-0.2, 0) is 0 Å². The van der Waals surface area contributed by atoms with Gasteiger partial charge in [-0.15, -0.1) is 0 Å². The molecule has 3 heteroatoms. The van der Waals surface area contributed by atoms with E-state index in [-0.39, 0.29) is 13.5 Å². The zero-order chi connectivity index (χ0) is 11.4. The van der Waals surface area contributed by atoms with Gasteiger partial charge in [-0.1, -0.05) is 6.92 Å². The molecule has 1 saturated heterocycles. The van der Waals surface area contributed by atoms with Crippen LogP contribution in [0.5, 0.6) is 0 Å². The smallest absolute Gasteiger partial charge is 0.0235 e. The number of hydrogen-bond acceptors (Lipinski definition) is 2. The highest BCUT2D eigenvalue weighted by Gasteiger charge is 2.29. The van der Waals surface area contributed by atoms with Crippen LogP contribution in [0, 0.1) is 0 Å². The zero-order valence-electron chi connectivity index (χ0n) is 11.7. The van der Waals surface area contributed by atoms with E-state index in [0.717, 1.165) is 6.04 Å². The number of likely N-dealkylation sites (tertiary alicyclic amines) is 1. The van der Waals surface area contributed by atoms with E-state index in [9.17, 15) is 0 Å². The molecule has 1 aliphatic rings. The molecule has 2 nitrogen and oxygen atoms in total. The van der Waals surface area contributed by atoms with E-state index in [1.165, 1.54) is 32.5 Å². The number of rotatable bonds is 6. The predicted molar refractivity (Wildman–Crippen MR) is 77.6 cm³/mol. The normalized spacial score (nSPS) is 21.4. The molecule has 1 aliphatic heterocycles. The first-order chi connectivity index (χ1) is 7.06. The summed E-state index contributed by atoms with van der Waals surface area (Å²) in [5.41, 5.74) is 0. The van der Waals surface area contributed by atoms with E-state index in [4.69, 9.17) is 0 Å². The topological polar surface area (TPSA) is 6.48 Å². The van der Waals surface area contributed by atoms with E-state index in [1.54, 1.807) is 0 Å². The molecule has 0 aromatic rings. The van der Waals surface area contributed by atoms with E-state index in [2.05, 4.69) is 44.4 Å². The average Bonchev–Trinajstić information content (AvgIpc) is 2.11. The van der Waals surface area contributed by atoms with Crippen molar-refractivity contribution < 1.29 is 0 Å². The van der Waals surface area contributed by atoms with Gasteiger partial charge in [0, 0.05) is 31.2 Å². The molecule has 0 radical (unpaired) electrons. The molecule has 0 N–H and O–H groups in total. The summed E-state index contributed by atoms with van der Waals surface area (Å²) >= 11 is 0. The Morgan fingerprint density at radius 3 is 2.06 bits per heavy atom. The standard InChI is InChI=1S/C13H28N2.H2S/c1-6-8-14-9-7-13(14)10-15(11(2)3)12(4)5;/h11-13H,6-10H2,1-5H3;1H2/t13-;/m0./s1. The van der Waals surface area contributed by atoms with Crippen LogP contribution in [0.2, 0.25) is 0 Å². The maximum absolute atomic E-state index is 2.64. The fourth-order valence-corrected chi connectivity index (χ4v) is 2.54. The van der Waals surface area contributed by atoms with Gasteiger partial charge in [0.05, 0.1) is 0 Å². The molecular formula is C13H30N2S. The van der Waals surface area contributed by atoms with Crippen molar-refractivity contribution in [3.05, 3.63) is 0 Å². The van der Waals surface area contributed by atoms with Crippen molar-refractivity contribution in [3.63, 3.8) is 0 Å². The molecule has 1 heterocycles. The van der Waals surface area contributed by atoms with Gasteiger partial charge >= 0.3 is 0 Å². The van der Waals surface area contributed by atoms with Crippen molar-refractivity contribution in [2.24, 2.45) is 0 Å². The molecule has 1 rings (SSSR count). The van der Waals surface area contributed by atoms with Crippen LogP contribution in [0.4, 0.5) is 0 Å². The van der Waals surface area contributed by atoms with Crippen LogP contribution in [0.15, 0.2) is 0 Å². The molecule has 0 spiro atoms. The molecule has 0 unspecified atom stereocenters. The number of nitrogens with zero attached hydrogens (tertiary/aromatic N) is 2. The fraction of sp³-hybridized carbons (Fsp3) is 1.00. The van der Waals surface area contributed by atoms with Gasteiger partial charge in [0.2, 0.25) is 0 Å². The molecule has 0 aromatic carbocycles. The van der Waals surface area contributed by atoms with Gasteiger partial charge in [0.1, 0.15) is 0 Å². The van der Waals surface area contributed by atoms with Gasteiger partial charge in [-0.05, 0) is 47.1 Å². The Morgan fingerprint density at radius 2 is 1.75 bits per heavy atom. The lowest BCUT2D eigenvalue weighted by Gasteiger charge is -2.45. The van der Waals surface area contributed by atoms with Gasteiger partial charge < -0.3 is 0 Å². The minimum absolute atomic E-state index is 0. The second kappa shape index (κ2) is 7.57. The van der Waals surface area contributed by atoms with Crippen molar-refractivity contribution in [1.29, 1.82) is 0 Å². The zero-order valence-corrected chi connectivity index (χ0v) is 12.7. The Morgan fingerprint density at radius 1 is 1.19 bits per heavy atom. The van der Waals surface area contributed by atoms with Crippen LogP contribution in [-0.4, -0.2) is 47.6 Å². The highest BCUT2D eigenvalue weighted by Crippen LogP contribution is 2.20. The molecule has 16 heavy (non-hydrogen) atoms. The van der Waals surface area contributed by atoms with Gasteiger partial charge in [-0.3, -0.25) is 9.80 Å². The second-order valence-corrected chi connectivity index (χ2v) is 5.36. The Bertz CT molecular complexity index is 175. The molecule has 0 aliphatic carbocycles. The Balaban J connectivity index is 0.00000225. The van der Waals surface area contributed by atoms with Crippen molar-refractivity contribution in [3.8, 4) is 0 Å². The minimum Gasteiger partial charge on any atom is -0.299 e. The van der Waals surface area contributed by atoms with Crippen LogP contribution < -0.4 is 0 Å². The van der Waals surface area contributed by atoms with Crippen molar-refractivity contribution in [2.45, 2.75) is 65.6 Å². The van der Waals surface area contributed by atoms with Crippen molar-refractivity contribution in [2.75, 3.05) is 19.6 Å². The lowest BCUT2D eigenvalue weighted by atomic mass is 10.0. The predicted octanol–water partition coefficient (Wildman–Crippen LogP) is 2.70. The van der Waals surface area contributed by atoms with Gasteiger partial charge in [0.25, 0.3) is 0 Å². The van der Waals surface area contributed by atoms with Crippen LogP contribution in [0.25, 0.3) is 0 Å². The molecule has 98 valence electrons. The van der Waals surface area contributed by atoms with Crippen LogP contribution >= 0.6 is 13.5 Å². The maximum atomic E-state index is 2.64. The first kappa shape index (κ1) is 16.3. The first-order valence-electron chi connectivity index (χ1n) is 6.56. The molecular weight excluding hydrogens is 216 g/mol. The minimum atomic E-state index is 0. The highest BCUT2D eigenvalue weighted by atomic mass is 32.1. The summed E-state index contributed by atoms with van der Waals surface area (Å²) < 4.78 is 0. The van der Waals surface area contributed by atoms with Gasteiger partial charge in [-0.2, -0.15) is 13.5 Å². The highest BCUT2D eigenvalue weighted by molar-refractivity contribution is 7.59. The fourth-order valence-electron chi connectivity index (χ4n) is 2.54. The Kier molecular flexibility index (Phi) is 7.70. The number of hydrogen-bond donors (Lipinski definition) is 0. The van der Waals surface area contributed by atoms with E-state index < -0.39 is 0 Å². The van der Waals surface area contributed by atoms with Crippen LogP contribution in [0.3, 0.4) is 0 Å². The largest absolute Gasteiger partial charge is 0.299 e. The van der Waals surface area contributed by atoms with E-state index in [1.807, 2.05) is 0 Å². The quantitative estimate of drug-likeness (QED) is 0.711.